The van der Waals surface area contributed by atoms with E-state index >= 15 is 0 Å². The summed E-state index contributed by atoms with van der Waals surface area (Å²) < 4.78 is 7.61. The van der Waals surface area contributed by atoms with Gasteiger partial charge < -0.3 is 20.1 Å². The number of anilines is 1. The van der Waals surface area contributed by atoms with Gasteiger partial charge in [0.15, 0.2) is 5.82 Å². The van der Waals surface area contributed by atoms with Crippen molar-refractivity contribution < 1.29 is 9.84 Å². The van der Waals surface area contributed by atoms with Crippen LogP contribution in [0.4, 0.5) is 5.82 Å². The molecule has 0 radical (unpaired) electrons. The molecule has 2 atom stereocenters. The molecule has 2 aromatic heterocycles. The SMILES string of the molecule is C[C@@H](O)[C@H]1COCc2nc3c(N)nc4ccccc4c3n21. The fourth-order valence-electron chi connectivity index (χ4n) is 3.03. The fraction of sp³-hybridized carbons (Fsp3) is 0.333. The lowest BCUT2D eigenvalue weighted by molar-refractivity contribution is 0.00690. The van der Waals surface area contributed by atoms with E-state index in [-0.39, 0.29) is 6.04 Å². The molecule has 21 heavy (non-hydrogen) atoms. The number of aromatic nitrogens is 3. The van der Waals surface area contributed by atoms with E-state index in [1.165, 1.54) is 0 Å². The van der Waals surface area contributed by atoms with Crippen molar-refractivity contribution in [3.05, 3.63) is 30.1 Å². The molecule has 1 aliphatic rings. The van der Waals surface area contributed by atoms with Crippen molar-refractivity contribution in [1.82, 2.24) is 14.5 Å². The number of hydrogen-bond acceptors (Lipinski definition) is 5. The third-order valence-corrected chi connectivity index (χ3v) is 4.04. The second kappa shape index (κ2) is 4.41. The highest BCUT2D eigenvalue weighted by atomic mass is 16.5. The van der Waals surface area contributed by atoms with Crippen molar-refractivity contribution >= 4 is 27.8 Å². The van der Waals surface area contributed by atoms with E-state index in [1.54, 1.807) is 6.92 Å². The van der Waals surface area contributed by atoms with E-state index < -0.39 is 6.10 Å². The van der Waals surface area contributed by atoms with Crippen LogP contribution in [0.25, 0.3) is 21.9 Å². The molecule has 108 valence electrons. The summed E-state index contributed by atoms with van der Waals surface area (Å²) >= 11 is 0. The first-order valence-corrected chi connectivity index (χ1v) is 6.97. The van der Waals surface area contributed by atoms with Crippen molar-refractivity contribution in [2.24, 2.45) is 0 Å². The summed E-state index contributed by atoms with van der Waals surface area (Å²) in [5.41, 5.74) is 8.51. The van der Waals surface area contributed by atoms with Crippen molar-refractivity contribution in [2.75, 3.05) is 12.3 Å². The molecule has 3 N–H and O–H groups in total. The molecule has 0 aliphatic carbocycles. The summed E-state index contributed by atoms with van der Waals surface area (Å²) in [5.74, 6) is 1.20. The number of ether oxygens (including phenoxy) is 1. The van der Waals surface area contributed by atoms with Crippen LogP contribution in [0.2, 0.25) is 0 Å². The van der Waals surface area contributed by atoms with E-state index in [4.69, 9.17) is 10.5 Å². The highest BCUT2D eigenvalue weighted by Gasteiger charge is 2.29. The monoisotopic (exact) mass is 284 g/mol. The lowest BCUT2D eigenvalue weighted by Gasteiger charge is -2.28. The van der Waals surface area contributed by atoms with Crippen LogP contribution in [-0.4, -0.2) is 32.4 Å². The van der Waals surface area contributed by atoms with E-state index in [2.05, 4.69) is 14.5 Å². The number of nitrogen functional groups attached to an aromatic ring is 1. The zero-order valence-electron chi connectivity index (χ0n) is 11.7. The Bertz CT molecular complexity index is 840. The van der Waals surface area contributed by atoms with E-state index in [9.17, 15) is 5.11 Å². The molecule has 0 amide bonds. The molecule has 0 bridgehead atoms. The number of imidazole rings is 1. The van der Waals surface area contributed by atoms with Gasteiger partial charge in [0.25, 0.3) is 0 Å². The summed E-state index contributed by atoms with van der Waals surface area (Å²) in [7, 11) is 0. The van der Waals surface area contributed by atoms with Crippen molar-refractivity contribution in [1.29, 1.82) is 0 Å². The molecule has 3 aromatic rings. The third kappa shape index (κ3) is 1.73. The average molecular weight is 284 g/mol. The Morgan fingerprint density at radius 2 is 2.19 bits per heavy atom. The maximum Gasteiger partial charge on any atom is 0.152 e. The van der Waals surface area contributed by atoms with Crippen LogP contribution in [0, 0.1) is 0 Å². The van der Waals surface area contributed by atoms with Crippen LogP contribution in [0.15, 0.2) is 24.3 Å². The van der Waals surface area contributed by atoms with Gasteiger partial charge in [-0.2, -0.15) is 0 Å². The minimum atomic E-state index is -0.533. The molecule has 0 spiro atoms. The Balaban J connectivity index is 2.16. The first kappa shape index (κ1) is 12.6. The van der Waals surface area contributed by atoms with Gasteiger partial charge in [0.05, 0.1) is 29.8 Å². The molecular weight excluding hydrogens is 268 g/mol. The first-order valence-electron chi connectivity index (χ1n) is 6.97. The summed E-state index contributed by atoms with van der Waals surface area (Å²) in [4.78, 5) is 8.99. The smallest absolute Gasteiger partial charge is 0.152 e. The second-order valence-electron chi connectivity index (χ2n) is 5.43. The van der Waals surface area contributed by atoms with Gasteiger partial charge in [0.2, 0.25) is 0 Å². The van der Waals surface area contributed by atoms with Crippen molar-refractivity contribution in [3.8, 4) is 0 Å². The largest absolute Gasteiger partial charge is 0.391 e. The number of aliphatic hydroxyl groups is 1. The lowest BCUT2D eigenvalue weighted by Crippen LogP contribution is -2.31. The first-order chi connectivity index (χ1) is 10.2. The summed E-state index contributed by atoms with van der Waals surface area (Å²) in [5, 5.41) is 11.1. The van der Waals surface area contributed by atoms with Gasteiger partial charge in [-0.3, -0.25) is 0 Å². The number of rotatable bonds is 1. The molecule has 1 aliphatic heterocycles. The van der Waals surface area contributed by atoms with Crippen molar-refractivity contribution in [3.63, 3.8) is 0 Å². The Morgan fingerprint density at radius 1 is 1.38 bits per heavy atom. The Morgan fingerprint density at radius 3 is 3.00 bits per heavy atom. The van der Waals surface area contributed by atoms with Gasteiger partial charge in [-0.15, -0.1) is 0 Å². The molecule has 6 heteroatoms. The summed E-state index contributed by atoms with van der Waals surface area (Å²) in [6.07, 6.45) is -0.533. The van der Waals surface area contributed by atoms with E-state index in [0.29, 0.717) is 24.5 Å². The van der Waals surface area contributed by atoms with Crippen LogP contribution in [-0.2, 0) is 11.3 Å². The standard InChI is InChI=1S/C15H16N4O2/c1-8(20)11-6-21-7-12-18-13-14(19(11)12)9-4-2-3-5-10(9)17-15(13)16/h2-5,8,11,20H,6-7H2,1H3,(H2,16,17)/t8-,11-/m1/s1. The Labute approximate surface area is 121 Å². The fourth-order valence-corrected chi connectivity index (χ4v) is 3.03. The number of hydrogen-bond donors (Lipinski definition) is 2. The second-order valence-corrected chi connectivity index (χ2v) is 5.43. The average Bonchev–Trinajstić information content (AvgIpc) is 2.87. The molecule has 0 unspecified atom stereocenters. The maximum absolute atomic E-state index is 10.1. The predicted octanol–water partition coefficient (Wildman–Crippen LogP) is 1.62. The number of pyridine rings is 1. The third-order valence-electron chi connectivity index (χ3n) is 4.04. The molecule has 6 nitrogen and oxygen atoms in total. The Kier molecular flexibility index (Phi) is 2.63. The lowest BCUT2D eigenvalue weighted by atomic mass is 10.1. The maximum atomic E-state index is 10.1. The van der Waals surface area contributed by atoms with Crippen LogP contribution in [0.1, 0.15) is 18.8 Å². The molecular formula is C15H16N4O2. The molecule has 0 saturated carbocycles. The Hall–Kier alpha value is -2.18. The van der Waals surface area contributed by atoms with E-state index in [0.717, 1.165) is 22.2 Å². The highest BCUT2D eigenvalue weighted by molar-refractivity contribution is 6.06. The normalized spacial score (nSPS) is 19.8. The van der Waals surface area contributed by atoms with Crippen LogP contribution in [0.3, 0.4) is 0 Å². The molecule has 1 aromatic carbocycles. The summed E-state index contributed by atoms with van der Waals surface area (Å²) in [6, 6.07) is 7.68. The number of nitrogens with zero attached hydrogens (tertiary/aromatic N) is 3. The quantitative estimate of drug-likeness (QED) is 0.709. The van der Waals surface area contributed by atoms with Crippen LogP contribution >= 0.6 is 0 Å². The van der Waals surface area contributed by atoms with Gasteiger partial charge in [0, 0.05) is 5.39 Å². The van der Waals surface area contributed by atoms with Gasteiger partial charge in [-0.25, -0.2) is 9.97 Å². The van der Waals surface area contributed by atoms with Gasteiger partial charge in [-0.1, -0.05) is 18.2 Å². The van der Waals surface area contributed by atoms with Crippen molar-refractivity contribution in [2.45, 2.75) is 25.7 Å². The number of para-hydroxylation sites is 1. The summed E-state index contributed by atoms with van der Waals surface area (Å²) in [6.45, 7) is 2.65. The molecule has 3 heterocycles. The number of benzene rings is 1. The van der Waals surface area contributed by atoms with Gasteiger partial charge in [-0.05, 0) is 13.0 Å². The topological polar surface area (TPSA) is 86.2 Å². The number of nitrogens with two attached hydrogens (primary N) is 1. The van der Waals surface area contributed by atoms with Crippen LogP contribution < -0.4 is 5.73 Å². The minimum absolute atomic E-state index is 0.163. The minimum Gasteiger partial charge on any atom is -0.391 e. The van der Waals surface area contributed by atoms with Crippen LogP contribution in [0.5, 0.6) is 0 Å². The number of aliphatic hydroxyl groups excluding tert-OH is 1. The zero-order valence-corrected chi connectivity index (χ0v) is 11.7. The van der Waals surface area contributed by atoms with E-state index in [1.807, 2.05) is 24.3 Å². The van der Waals surface area contributed by atoms with Gasteiger partial charge >= 0.3 is 0 Å². The predicted molar refractivity (Wildman–Crippen MR) is 79.8 cm³/mol. The molecule has 4 rings (SSSR count). The number of fused-ring (bicyclic) bond motifs is 5. The van der Waals surface area contributed by atoms with Gasteiger partial charge in [0.1, 0.15) is 17.9 Å². The molecule has 0 fully saturated rings. The zero-order chi connectivity index (χ0) is 14.6. The highest BCUT2D eigenvalue weighted by Crippen LogP contribution is 2.34. The molecule has 0 saturated heterocycles.